The van der Waals surface area contributed by atoms with E-state index in [-0.39, 0.29) is 12.1 Å². The summed E-state index contributed by atoms with van der Waals surface area (Å²) in [5, 5.41) is 2.65. The SMILES string of the molecule is NC(=O)c1ccc(CCNC(=O)c2cc(-c3cccc(F)c3)ccc2F)s1. The molecule has 1 aromatic heterocycles. The van der Waals surface area contributed by atoms with Gasteiger partial charge in [-0.1, -0.05) is 18.2 Å². The molecule has 7 heteroatoms. The van der Waals surface area contributed by atoms with Crippen molar-refractivity contribution in [3.63, 3.8) is 0 Å². The summed E-state index contributed by atoms with van der Waals surface area (Å²) in [6.45, 7) is 0.279. The van der Waals surface area contributed by atoms with Gasteiger partial charge < -0.3 is 11.1 Å². The van der Waals surface area contributed by atoms with Crippen molar-refractivity contribution in [2.75, 3.05) is 6.54 Å². The molecular weight excluding hydrogens is 370 g/mol. The Morgan fingerprint density at radius 2 is 1.78 bits per heavy atom. The van der Waals surface area contributed by atoms with E-state index in [1.807, 2.05) is 0 Å². The fourth-order valence-corrected chi connectivity index (χ4v) is 3.45. The zero-order chi connectivity index (χ0) is 19.4. The largest absolute Gasteiger partial charge is 0.365 e. The molecule has 0 aliphatic heterocycles. The second-order valence-electron chi connectivity index (χ2n) is 5.84. The average Bonchev–Trinajstić information content (AvgIpc) is 3.11. The van der Waals surface area contributed by atoms with Crippen molar-refractivity contribution in [1.29, 1.82) is 0 Å². The lowest BCUT2D eigenvalue weighted by atomic mass is 10.0. The minimum absolute atomic E-state index is 0.110. The van der Waals surface area contributed by atoms with E-state index in [2.05, 4.69) is 5.32 Å². The highest BCUT2D eigenvalue weighted by molar-refractivity contribution is 7.14. The first-order chi connectivity index (χ1) is 12.9. The van der Waals surface area contributed by atoms with Crippen LogP contribution in [0.5, 0.6) is 0 Å². The second-order valence-corrected chi connectivity index (χ2v) is 7.01. The molecule has 27 heavy (non-hydrogen) atoms. The predicted molar refractivity (Wildman–Crippen MR) is 101 cm³/mol. The highest BCUT2D eigenvalue weighted by atomic mass is 32.1. The Labute approximate surface area is 158 Å². The number of rotatable bonds is 6. The lowest BCUT2D eigenvalue weighted by Crippen LogP contribution is -2.26. The van der Waals surface area contributed by atoms with Crippen LogP contribution >= 0.6 is 11.3 Å². The topological polar surface area (TPSA) is 72.2 Å². The molecule has 0 spiro atoms. The number of primary amides is 1. The molecule has 0 unspecified atom stereocenters. The van der Waals surface area contributed by atoms with E-state index in [9.17, 15) is 18.4 Å². The van der Waals surface area contributed by atoms with Gasteiger partial charge in [0, 0.05) is 11.4 Å². The molecule has 0 saturated heterocycles. The molecular formula is C20H16F2N2O2S. The van der Waals surface area contributed by atoms with Crippen molar-refractivity contribution >= 4 is 23.2 Å². The molecule has 0 aliphatic rings. The molecule has 138 valence electrons. The minimum Gasteiger partial charge on any atom is -0.365 e. The van der Waals surface area contributed by atoms with Gasteiger partial charge in [0.1, 0.15) is 11.6 Å². The Morgan fingerprint density at radius 3 is 2.48 bits per heavy atom. The van der Waals surface area contributed by atoms with E-state index in [4.69, 9.17) is 5.73 Å². The quantitative estimate of drug-likeness (QED) is 0.677. The van der Waals surface area contributed by atoms with Crippen molar-refractivity contribution in [3.8, 4) is 11.1 Å². The summed E-state index contributed by atoms with van der Waals surface area (Å²) >= 11 is 1.26. The second kappa shape index (κ2) is 8.09. The van der Waals surface area contributed by atoms with E-state index in [0.717, 1.165) is 4.88 Å². The highest BCUT2D eigenvalue weighted by Gasteiger charge is 2.13. The van der Waals surface area contributed by atoms with Crippen molar-refractivity contribution in [2.24, 2.45) is 5.73 Å². The third-order valence-electron chi connectivity index (χ3n) is 3.93. The maximum absolute atomic E-state index is 14.1. The number of amides is 2. The number of nitrogens with one attached hydrogen (secondary N) is 1. The molecule has 3 aromatic rings. The molecule has 0 radical (unpaired) electrons. The van der Waals surface area contributed by atoms with Crippen LogP contribution in [0.25, 0.3) is 11.1 Å². The van der Waals surface area contributed by atoms with Crippen LogP contribution < -0.4 is 11.1 Å². The first kappa shape index (κ1) is 18.7. The molecule has 0 bridgehead atoms. The third-order valence-corrected chi connectivity index (χ3v) is 5.09. The predicted octanol–water partition coefficient (Wildman–Crippen LogP) is 3.76. The smallest absolute Gasteiger partial charge is 0.258 e. The van der Waals surface area contributed by atoms with E-state index < -0.39 is 23.4 Å². The molecule has 0 atom stereocenters. The van der Waals surface area contributed by atoms with Gasteiger partial charge in [-0.15, -0.1) is 11.3 Å². The van der Waals surface area contributed by atoms with Crippen LogP contribution in [0, 0.1) is 11.6 Å². The number of hydrogen-bond donors (Lipinski definition) is 2. The number of hydrogen-bond acceptors (Lipinski definition) is 3. The molecule has 1 heterocycles. The van der Waals surface area contributed by atoms with Crippen molar-refractivity contribution in [2.45, 2.75) is 6.42 Å². The Bertz CT molecular complexity index is 1000. The van der Waals surface area contributed by atoms with E-state index in [1.54, 1.807) is 24.3 Å². The van der Waals surface area contributed by atoms with Crippen LogP contribution in [-0.4, -0.2) is 18.4 Å². The molecule has 0 aliphatic carbocycles. The zero-order valence-electron chi connectivity index (χ0n) is 14.2. The number of nitrogens with two attached hydrogens (primary N) is 1. The molecule has 2 aromatic carbocycles. The van der Waals surface area contributed by atoms with Crippen LogP contribution in [0.3, 0.4) is 0 Å². The van der Waals surface area contributed by atoms with Gasteiger partial charge in [-0.3, -0.25) is 9.59 Å². The van der Waals surface area contributed by atoms with Gasteiger partial charge in [0.2, 0.25) is 0 Å². The lowest BCUT2D eigenvalue weighted by Gasteiger charge is -2.08. The van der Waals surface area contributed by atoms with Crippen LogP contribution in [0.1, 0.15) is 24.9 Å². The van der Waals surface area contributed by atoms with E-state index in [1.165, 1.54) is 41.7 Å². The van der Waals surface area contributed by atoms with Gasteiger partial charge >= 0.3 is 0 Å². The van der Waals surface area contributed by atoms with Gasteiger partial charge in [-0.25, -0.2) is 8.78 Å². The van der Waals surface area contributed by atoms with Gasteiger partial charge in [0.15, 0.2) is 0 Å². The summed E-state index contributed by atoms with van der Waals surface area (Å²) in [6.07, 6.45) is 0.495. The molecule has 2 amide bonds. The van der Waals surface area contributed by atoms with Crippen molar-refractivity contribution < 1.29 is 18.4 Å². The number of thiophene rings is 1. The van der Waals surface area contributed by atoms with Crippen LogP contribution in [0.4, 0.5) is 8.78 Å². The van der Waals surface area contributed by atoms with E-state index >= 15 is 0 Å². The third kappa shape index (κ3) is 4.57. The van der Waals surface area contributed by atoms with Crippen LogP contribution in [0.15, 0.2) is 54.6 Å². The fraction of sp³-hybridized carbons (Fsp3) is 0.100. The lowest BCUT2D eigenvalue weighted by molar-refractivity contribution is 0.0949. The molecule has 0 fully saturated rings. The van der Waals surface area contributed by atoms with Gasteiger partial charge in [-0.05, 0) is 53.9 Å². The van der Waals surface area contributed by atoms with E-state index in [0.29, 0.717) is 22.4 Å². The summed E-state index contributed by atoms with van der Waals surface area (Å²) in [6, 6.07) is 13.4. The van der Waals surface area contributed by atoms with Crippen LogP contribution in [-0.2, 0) is 6.42 Å². The Balaban J connectivity index is 1.68. The van der Waals surface area contributed by atoms with Crippen LogP contribution in [0.2, 0.25) is 0 Å². The molecule has 0 saturated carbocycles. The standard InChI is InChI=1S/C20H16F2N2O2S/c21-14-3-1-2-12(10-14)13-4-6-17(22)16(11-13)20(26)24-9-8-15-5-7-18(27-15)19(23)25/h1-7,10-11H,8-9H2,(H2,23,25)(H,24,26). The van der Waals surface area contributed by atoms with Gasteiger partial charge in [0.25, 0.3) is 11.8 Å². The number of carbonyl (C=O) groups is 2. The van der Waals surface area contributed by atoms with Crippen molar-refractivity contribution in [1.82, 2.24) is 5.32 Å². The number of benzene rings is 2. The van der Waals surface area contributed by atoms with Gasteiger partial charge in [0.05, 0.1) is 10.4 Å². The number of carbonyl (C=O) groups excluding carboxylic acids is 2. The Kier molecular flexibility index (Phi) is 5.61. The fourth-order valence-electron chi connectivity index (χ4n) is 2.59. The highest BCUT2D eigenvalue weighted by Crippen LogP contribution is 2.23. The molecule has 3 rings (SSSR count). The maximum Gasteiger partial charge on any atom is 0.258 e. The molecule has 4 nitrogen and oxygen atoms in total. The summed E-state index contributed by atoms with van der Waals surface area (Å²) in [4.78, 5) is 24.7. The summed E-state index contributed by atoms with van der Waals surface area (Å²) in [5.74, 6) is -2.11. The zero-order valence-corrected chi connectivity index (χ0v) is 15.0. The first-order valence-electron chi connectivity index (χ1n) is 8.16. The Morgan fingerprint density at radius 1 is 1.00 bits per heavy atom. The summed E-state index contributed by atoms with van der Waals surface area (Å²) in [5.41, 5.74) is 6.20. The monoisotopic (exact) mass is 386 g/mol. The summed E-state index contributed by atoms with van der Waals surface area (Å²) < 4.78 is 27.5. The Hall–Kier alpha value is -3.06. The normalized spacial score (nSPS) is 10.6. The maximum atomic E-state index is 14.1. The summed E-state index contributed by atoms with van der Waals surface area (Å²) in [7, 11) is 0. The van der Waals surface area contributed by atoms with Crippen molar-refractivity contribution in [3.05, 3.63) is 81.5 Å². The first-order valence-corrected chi connectivity index (χ1v) is 8.98. The minimum atomic E-state index is -0.653. The molecule has 3 N–H and O–H groups in total. The van der Waals surface area contributed by atoms with Gasteiger partial charge in [-0.2, -0.15) is 0 Å². The number of halogens is 2. The average molecular weight is 386 g/mol.